The number of hydrogen-bond donors (Lipinski definition) is 1. The Bertz CT molecular complexity index is 506. The van der Waals surface area contributed by atoms with Crippen molar-refractivity contribution in [1.82, 2.24) is 0 Å². The lowest BCUT2D eigenvalue weighted by Crippen LogP contribution is -2.27. The van der Waals surface area contributed by atoms with Crippen molar-refractivity contribution in [2.24, 2.45) is 0 Å². The van der Waals surface area contributed by atoms with Gasteiger partial charge in [-0.15, -0.1) is 0 Å². The molecule has 1 rings (SSSR count). The zero-order valence-electron chi connectivity index (χ0n) is 12.2. The second kappa shape index (κ2) is 6.75. The topological polar surface area (TPSA) is 55.4 Å². The fourth-order valence-corrected chi connectivity index (χ4v) is 1.78. The number of aryl methyl sites for hydroxylation is 1. The minimum absolute atomic E-state index is 0.100. The molecule has 0 aromatic heterocycles. The highest BCUT2D eigenvalue weighted by Gasteiger charge is 2.17. The molecule has 0 aliphatic carbocycles. The number of halogens is 1. The lowest BCUT2D eigenvalue weighted by molar-refractivity contribution is -0.116. The fraction of sp³-hybridized carbons (Fsp3) is 0.467. The van der Waals surface area contributed by atoms with Gasteiger partial charge in [0.25, 0.3) is 0 Å². The molecule has 110 valence electrons. The van der Waals surface area contributed by atoms with Gasteiger partial charge in [0, 0.05) is 17.1 Å². The Hall–Kier alpha value is -1.55. The number of anilines is 1. The zero-order valence-corrected chi connectivity index (χ0v) is 13.0. The molecular formula is C15H20ClNO3. The van der Waals surface area contributed by atoms with Gasteiger partial charge < -0.3 is 9.53 Å². The molecule has 1 amide bonds. The van der Waals surface area contributed by atoms with E-state index in [0.29, 0.717) is 23.6 Å². The summed E-state index contributed by atoms with van der Waals surface area (Å²) in [4.78, 5) is 22.9. The van der Waals surface area contributed by atoms with Crippen molar-refractivity contribution in [2.75, 3.05) is 5.32 Å². The van der Waals surface area contributed by atoms with Crippen LogP contribution >= 0.6 is 11.6 Å². The van der Waals surface area contributed by atoms with Gasteiger partial charge in [0.2, 0.25) is 0 Å². The van der Waals surface area contributed by atoms with Gasteiger partial charge in [-0.25, -0.2) is 4.79 Å². The van der Waals surface area contributed by atoms with Crippen LogP contribution in [0.25, 0.3) is 0 Å². The molecule has 0 aliphatic heterocycles. The second-order valence-electron chi connectivity index (χ2n) is 5.63. The molecule has 0 heterocycles. The lowest BCUT2D eigenvalue weighted by atomic mass is 10.1. The van der Waals surface area contributed by atoms with Crippen LogP contribution in [0.3, 0.4) is 0 Å². The van der Waals surface area contributed by atoms with Gasteiger partial charge in [0.05, 0.1) is 0 Å². The molecule has 0 bridgehead atoms. The molecule has 0 saturated heterocycles. The largest absolute Gasteiger partial charge is 0.444 e. The normalized spacial score (nSPS) is 11.1. The van der Waals surface area contributed by atoms with Crippen molar-refractivity contribution < 1.29 is 14.3 Å². The molecule has 4 nitrogen and oxygen atoms in total. The van der Waals surface area contributed by atoms with Gasteiger partial charge >= 0.3 is 6.09 Å². The SMILES string of the molecule is CC(=O)CCc1ccc(Cl)cc1NC(=O)OC(C)(C)C. The van der Waals surface area contributed by atoms with E-state index in [-0.39, 0.29) is 5.78 Å². The van der Waals surface area contributed by atoms with Crippen LogP contribution in [0.5, 0.6) is 0 Å². The third kappa shape index (κ3) is 6.06. The van der Waals surface area contributed by atoms with Crippen molar-refractivity contribution in [3.63, 3.8) is 0 Å². The molecule has 0 radical (unpaired) electrons. The Balaban J connectivity index is 2.84. The number of hydrogen-bond acceptors (Lipinski definition) is 3. The first-order valence-electron chi connectivity index (χ1n) is 6.45. The number of carbonyl (C=O) groups is 2. The highest BCUT2D eigenvalue weighted by atomic mass is 35.5. The van der Waals surface area contributed by atoms with E-state index in [0.717, 1.165) is 5.56 Å². The Morgan fingerprint density at radius 3 is 2.50 bits per heavy atom. The van der Waals surface area contributed by atoms with Crippen molar-refractivity contribution in [1.29, 1.82) is 0 Å². The average molecular weight is 298 g/mol. The highest BCUT2D eigenvalue weighted by Crippen LogP contribution is 2.23. The van der Waals surface area contributed by atoms with E-state index in [2.05, 4.69) is 5.32 Å². The molecule has 0 atom stereocenters. The van der Waals surface area contributed by atoms with E-state index in [4.69, 9.17) is 16.3 Å². The van der Waals surface area contributed by atoms with E-state index >= 15 is 0 Å². The van der Waals surface area contributed by atoms with Gasteiger partial charge in [-0.3, -0.25) is 5.32 Å². The van der Waals surface area contributed by atoms with E-state index in [1.807, 2.05) is 0 Å². The maximum absolute atomic E-state index is 11.8. The van der Waals surface area contributed by atoms with Gasteiger partial charge in [-0.2, -0.15) is 0 Å². The standard InChI is InChI=1S/C15H20ClNO3/c1-10(18)5-6-11-7-8-12(16)9-13(11)17-14(19)20-15(2,3)4/h7-9H,5-6H2,1-4H3,(H,17,19). The molecule has 1 aromatic carbocycles. The number of nitrogens with one attached hydrogen (secondary N) is 1. The molecular weight excluding hydrogens is 278 g/mol. The molecule has 0 fully saturated rings. The van der Waals surface area contributed by atoms with Crippen molar-refractivity contribution >= 4 is 29.2 Å². The molecule has 0 aliphatic rings. The summed E-state index contributed by atoms with van der Waals surface area (Å²) < 4.78 is 5.20. The third-order valence-electron chi connectivity index (χ3n) is 2.45. The number of Topliss-reactive ketones (excluding diaryl/α,β-unsaturated/α-hetero) is 1. The van der Waals surface area contributed by atoms with Crippen LogP contribution in [0.1, 0.15) is 39.7 Å². The van der Waals surface area contributed by atoms with Crippen LogP contribution in [0, 0.1) is 0 Å². The molecule has 0 unspecified atom stereocenters. The van der Waals surface area contributed by atoms with Crippen molar-refractivity contribution in [3.05, 3.63) is 28.8 Å². The summed E-state index contributed by atoms with van der Waals surface area (Å²) in [5, 5.41) is 3.19. The number of ether oxygens (including phenoxy) is 1. The minimum atomic E-state index is -0.567. The fourth-order valence-electron chi connectivity index (χ4n) is 1.61. The van der Waals surface area contributed by atoms with Gasteiger partial charge in [0.1, 0.15) is 11.4 Å². The first kappa shape index (κ1) is 16.5. The summed E-state index contributed by atoms with van der Waals surface area (Å²) in [6, 6.07) is 5.19. The van der Waals surface area contributed by atoms with Gasteiger partial charge in [0.15, 0.2) is 0 Å². The van der Waals surface area contributed by atoms with Crippen LogP contribution in [0.4, 0.5) is 10.5 Å². The summed E-state index contributed by atoms with van der Waals surface area (Å²) in [5.41, 5.74) is 0.867. The summed E-state index contributed by atoms with van der Waals surface area (Å²) in [7, 11) is 0. The maximum Gasteiger partial charge on any atom is 0.412 e. The van der Waals surface area contributed by atoms with Crippen molar-refractivity contribution in [2.45, 2.75) is 46.1 Å². The summed E-state index contributed by atoms with van der Waals surface area (Å²) in [5.74, 6) is 0.100. The monoisotopic (exact) mass is 297 g/mol. The Morgan fingerprint density at radius 1 is 1.30 bits per heavy atom. The van der Waals surface area contributed by atoms with Gasteiger partial charge in [-0.1, -0.05) is 17.7 Å². The quantitative estimate of drug-likeness (QED) is 0.905. The number of ketones is 1. The number of benzene rings is 1. The van der Waals surface area contributed by atoms with E-state index < -0.39 is 11.7 Å². The molecule has 1 N–H and O–H groups in total. The average Bonchev–Trinajstić information content (AvgIpc) is 2.24. The predicted molar refractivity (Wildman–Crippen MR) is 80.3 cm³/mol. The van der Waals surface area contributed by atoms with E-state index in [1.54, 1.807) is 39.0 Å². The Labute approximate surface area is 124 Å². The predicted octanol–water partition coefficient (Wildman–Crippen LogP) is 4.21. The van der Waals surface area contributed by atoms with Crippen LogP contribution in [-0.2, 0) is 16.0 Å². The molecule has 1 aromatic rings. The van der Waals surface area contributed by atoms with Crippen LogP contribution in [0.2, 0.25) is 5.02 Å². The molecule has 20 heavy (non-hydrogen) atoms. The summed E-state index contributed by atoms with van der Waals surface area (Å²) in [6.07, 6.45) is 0.436. The highest BCUT2D eigenvalue weighted by molar-refractivity contribution is 6.31. The molecule has 0 spiro atoms. The first-order chi connectivity index (χ1) is 9.17. The summed E-state index contributed by atoms with van der Waals surface area (Å²) >= 11 is 5.94. The zero-order chi connectivity index (χ0) is 15.3. The van der Waals surface area contributed by atoms with Crippen molar-refractivity contribution in [3.8, 4) is 0 Å². The number of rotatable bonds is 4. The summed E-state index contributed by atoms with van der Waals surface area (Å²) in [6.45, 7) is 6.92. The minimum Gasteiger partial charge on any atom is -0.444 e. The van der Waals surface area contributed by atoms with Crippen LogP contribution < -0.4 is 5.32 Å². The van der Waals surface area contributed by atoms with E-state index in [9.17, 15) is 9.59 Å². The molecule has 5 heteroatoms. The maximum atomic E-state index is 11.8. The number of amides is 1. The second-order valence-corrected chi connectivity index (χ2v) is 6.07. The number of carbonyl (C=O) groups excluding carboxylic acids is 2. The van der Waals surface area contributed by atoms with E-state index in [1.165, 1.54) is 6.92 Å². The van der Waals surface area contributed by atoms with Crippen LogP contribution in [-0.4, -0.2) is 17.5 Å². The Kier molecular flexibility index (Phi) is 5.57. The third-order valence-corrected chi connectivity index (χ3v) is 2.69. The Morgan fingerprint density at radius 2 is 1.95 bits per heavy atom. The van der Waals surface area contributed by atoms with Gasteiger partial charge in [-0.05, 0) is 51.8 Å². The lowest BCUT2D eigenvalue weighted by Gasteiger charge is -2.20. The first-order valence-corrected chi connectivity index (χ1v) is 6.83. The molecule has 0 saturated carbocycles. The smallest absolute Gasteiger partial charge is 0.412 e. The van der Waals surface area contributed by atoms with Crippen LogP contribution in [0.15, 0.2) is 18.2 Å².